The zero-order chi connectivity index (χ0) is 26.2. The first-order chi connectivity index (χ1) is 17.7. The maximum atomic E-state index is 13.8. The summed E-state index contributed by atoms with van der Waals surface area (Å²) < 4.78 is 44.2. The van der Waals surface area contributed by atoms with Crippen LogP contribution in [0.2, 0.25) is 0 Å². The van der Waals surface area contributed by atoms with Gasteiger partial charge in [0.15, 0.2) is 5.13 Å². The minimum absolute atomic E-state index is 0.170. The van der Waals surface area contributed by atoms with E-state index in [9.17, 15) is 17.6 Å². The van der Waals surface area contributed by atoms with Gasteiger partial charge in [-0.15, -0.1) is 0 Å². The van der Waals surface area contributed by atoms with Crippen LogP contribution in [0.4, 0.5) is 9.52 Å². The highest BCUT2D eigenvalue weighted by Crippen LogP contribution is 2.31. The first-order valence-electron chi connectivity index (χ1n) is 12.2. The van der Waals surface area contributed by atoms with Crippen LogP contribution in [0.15, 0.2) is 65.8 Å². The molecule has 2 aromatic carbocycles. The van der Waals surface area contributed by atoms with Gasteiger partial charge in [-0.2, -0.15) is 9.40 Å². The van der Waals surface area contributed by atoms with E-state index >= 15 is 0 Å². The predicted molar refractivity (Wildman–Crippen MR) is 142 cm³/mol. The average Bonchev–Trinajstić information content (AvgIpc) is 3.53. The Balaban J connectivity index is 1.42. The zero-order valence-electron chi connectivity index (χ0n) is 20.6. The number of nitrogens with zero attached hydrogens (tertiary/aromatic N) is 5. The Labute approximate surface area is 219 Å². The van der Waals surface area contributed by atoms with Gasteiger partial charge in [0.05, 0.1) is 21.7 Å². The number of rotatable bonds is 7. The number of thiazole rings is 1. The molecule has 194 valence electrons. The molecule has 4 aromatic rings. The molecule has 5 rings (SSSR count). The number of hydrogen-bond donors (Lipinski definition) is 0. The molecule has 0 bridgehead atoms. The lowest BCUT2D eigenvalue weighted by atomic mass is 9.94. The predicted octanol–water partition coefficient (Wildman–Crippen LogP) is 4.65. The van der Waals surface area contributed by atoms with Crippen molar-refractivity contribution in [3.8, 4) is 0 Å². The molecule has 0 N–H and O–H groups in total. The summed E-state index contributed by atoms with van der Waals surface area (Å²) in [6.07, 6.45) is 4.47. The Morgan fingerprint density at radius 2 is 1.86 bits per heavy atom. The lowest BCUT2D eigenvalue weighted by molar-refractivity contribution is 0.0985. The fourth-order valence-electron chi connectivity index (χ4n) is 4.80. The summed E-state index contributed by atoms with van der Waals surface area (Å²) >= 11 is 1.23. The van der Waals surface area contributed by atoms with Crippen LogP contribution >= 0.6 is 11.3 Å². The van der Waals surface area contributed by atoms with E-state index in [1.807, 2.05) is 0 Å². The summed E-state index contributed by atoms with van der Waals surface area (Å²) in [6, 6.07) is 12.2. The van der Waals surface area contributed by atoms with Gasteiger partial charge in [-0.3, -0.25) is 14.4 Å². The molecule has 0 saturated carbocycles. The van der Waals surface area contributed by atoms with Crippen molar-refractivity contribution >= 4 is 42.6 Å². The SMILES string of the molecule is CC1CC(C)CN(S(=O)(=O)c2ccc(C(=O)N(CCn3cccn3)c3nc4ccc(F)cc4s3)cc2)C1. The second-order valence-electron chi connectivity index (χ2n) is 9.63. The van der Waals surface area contributed by atoms with Crippen LogP contribution in [-0.2, 0) is 16.6 Å². The van der Waals surface area contributed by atoms with Crippen molar-refractivity contribution in [3.63, 3.8) is 0 Å². The van der Waals surface area contributed by atoms with Crippen LogP contribution < -0.4 is 4.90 Å². The van der Waals surface area contributed by atoms with E-state index in [0.717, 1.165) is 6.42 Å². The number of aromatic nitrogens is 3. The number of hydrogen-bond acceptors (Lipinski definition) is 6. The molecule has 0 radical (unpaired) electrons. The van der Waals surface area contributed by atoms with Gasteiger partial charge in [0, 0.05) is 37.6 Å². The van der Waals surface area contributed by atoms with Gasteiger partial charge >= 0.3 is 0 Å². The van der Waals surface area contributed by atoms with Crippen molar-refractivity contribution in [2.24, 2.45) is 11.8 Å². The highest BCUT2D eigenvalue weighted by molar-refractivity contribution is 7.89. The second kappa shape index (κ2) is 10.3. The van der Waals surface area contributed by atoms with Gasteiger partial charge in [-0.05, 0) is 66.8 Å². The summed E-state index contributed by atoms with van der Waals surface area (Å²) in [5.74, 6) is -0.0998. The third-order valence-electron chi connectivity index (χ3n) is 6.50. The fraction of sp³-hybridized carbons (Fsp3) is 0.346. The molecule has 11 heteroatoms. The number of amides is 1. The van der Waals surface area contributed by atoms with Gasteiger partial charge in [0.1, 0.15) is 5.82 Å². The summed E-state index contributed by atoms with van der Waals surface area (Å²) in [4.78, 5) is 19.9. The largest absolute Gasteiger partial charge is 0.282 e. The van der Waals surface area contributed by atoms with E-state index in [2.05, 4.69) is 23.9 Å². The Kier molecular flexibility index (Phi) is 7.11. The second-order valence-corrected chi connectivity index (χ2v) is 12.6. The summed E-state index contributed by atoms with van der Waals surface area (Å²) in [6.45, 7) is 5.83. The lowest BCUT2D eigenvalue weighted by Crippen LogP contribution is -2.42. The minimum atomic E-state index is -3.65. The molecule has 0 aliphatic carbocycles. The highest BCUT2D eigenvalue weighted by atomic mass is 32.2. The molecule has 1 aliphatic rings. The van der Waals surface area contributed by atoms with Crippen molar-refractivity contribution in [2.75, 3.05) is 24.5 Å². The fourth-order valence-corrected chi connectivity index (χ4v) is 7.49. The van der Waals surface area contributed by atoms with E-state index in [1.165, 1.54) is 40.5 Å². The van der Waals surface area contributed by atoms with Crippen molar-refractivity contribution in [1.82, 2.24) is 19.1 Å². The van der Waals surface area contributed by atoms with Crippen LogP contribution in [0.3, 0.4) is 0 Å². The third kappa shape index (κ3) is 5.43. The molecule has 1 amide bonds. The average molecular weight is 542 g/mol. The smallest absolute Gasteiger partial charge is 0.260 e. The zero-order valence-corrected chi connectivity index (χ0v) is 22.3. The van der Waals surface area contributed by atoms with Crippen molar-refractivity contribution in [1.29, 1.82) is 0 Å². The Morgan fingerprint density at radius 3 is 2.54 bits per heavy atom. The molecule has 1 fully saturated rings. The molecular weight excluding hydrogens is 513 g/mol. The number of carbonyl (C=O) groups excluding carboxylic acids is 1. The first-order valence-corrected chi connectivity index (χ1v) is 14.4. The van der Waals surface area contributed by atoms with Gasteiger partial charge in [0.25, 0.3) is 5.91 Å². The van der Waals surface area contributed by atoms with Crippen LogP contribution in [0.25, 0.3) is 10.2 Å². The summed E-state index contributed by atoms with van der Waals surface area (Å²) in [5, 5.41) is 4.64. The number of anilines is 1. The molecule has 1 saturated heterocycles. The number of carbonyl (C=O) groups is 1. The van der Waals surface area contributed by atoms with Crippen LogP contribution in [0.5, 0.6) is 0 Å². The molecule has 37 heavy (non-hydrogen) atoms. The van der Waals surface area contributed by atoms with E-state index in [4.69, 9.17) is 0 Å². The lowest BCUT2D eigenvalue weighted by Gasteiger charge is -2.34. The molecule has 8 nitrogen and oxygen atoms in total. The van der Waals surface area contributed by atoms with Crippen LogP contribution in [0.1, 0.15) is 30.6 Å². The topological polar surface area (TPSA) is 88.4 Å². The van der Waals surface area contributed by atoms with E-state index < -0.39 is 10.0 Å². The van der Waals surface area contributed by atoms with Crippen molar-refractivity contribution in [2.45, 2.75) is 31.7 Å². The third-order valence-corrected chi connectivity index (χ3v) is 9.39. The molecule has 3 heterocycles. The molecule has 2 unspecified atom stereocenters. The summed E-state index contributed by atoms with van der Waals surface area (Å²) in [7, 11) is -3.65. The minimum Gasteiger partial charge on any atom is -0.282 e. The molecular formula is C26H28FN5O3S2. The molecule has 1 aliphatic heterocycles. The van der Waals surface area contributed by atoms with Gasteiger partial charge in [-0.25, -0.2) is 17.8 Å². The first kappa shape index (κ1) is 25.5. The van der Waals surface area contributed by atoms with E-state index in [-0.39, 0.29) is 23.2 Å². The normalized spacial score (nSPS) is 18.8. The molecule has 2 aromatic heterocycles. The number of benzene rings is 2. The molecule has 0 spiro atoms. The van der Waals surface area contributed by atoms with Gasteiger partial charge in [0.2, 0.25) is 10.0 Å². The Bertz CT molecular complexity index is 1490. The monoisotopic (exact) mass is 541 g/mol. The van der Waals surface area contributed by atoms with Gasteiger partial charge < -0.3 is 0 Å². The van der Waals surface area contributed by atoms with E-state index in [1.54, 1.807) is 45.6 Å². The van der Waals surface area contributed by atoms with Crippen molar-refractivity contribution < 1.29 is 17.6 Å². The maximum absolute atomic E-state index is 13.8. The van der Waals surface area contributed by atoms with E-state index in [0.29, 0.717) is 52.4 Å². The van der Waals surface area contributed by atoms with Crippen LogP contribution in [-0.4, -0.2) is 53.0 Å². The number of halogens is 1. The number of piperidine rings is 1. The Hall–Kier alpha value is -3.15. The maximum Gasteiger partial charge on any atom is 0.260 e. The van der Waals surface area contributed by atoms with Gasteiger partial charge in [-0.1, -0.05) is 25.2 Å². The number of sulfonamides is 1. The Morgan fingerprint density at radius 1 is 1.14 bits per heavy atom. The standard InChI is InChI=1S/C26H28FN5O3S2/c1-18-14-19(2)17-31(16-18)37(34,35)22-7-4-20(5-8-22)25(33)32(13-12-30-11-3-10-28-30)26-29-23-9-6-21(27)15-24(23)36-26/h3-11,15,18-19H,12-14,16-17H2,1-2H3. The molecule has 2 atom stereocenters. The highest BCUT2D eigenvalue weighted by Gasteiger charge is 2.32. The number of fused-ring (bicyclic) bond motifs is 1. The quantitative estimate of drug-likeness (QED) is 0.340. The van der Waals surface area contributed by atoms with Crippen molar-refractivity contribution in [3.05, 3.63) is 72.3 Å². The van der Waals surface area contributed by atoms with Crippen LogP contribution in [0, 0.1) is 17.7 Å². The summed E-state index contributed by atoms with van der Waals surface area (Å²) in [5.41, 5.74) is 0.940.